The van der Waals surface area contributed by atoms with Crippen molar-refractivity contribution in [1.29, 1.82) is 0 Å². The lowest BCUT2D eigenvalue weighted by molar-refractivity contribution is 0.112. The predicted molar refractivity (Wildman–Crippen MR) is 79.1 cm³/mol. The Bertz CT molecular complexity index is 776. The summed E-state index contributed by atoms with van der Waals surface area (Å²) < 4.78 is 5.40. The Morgan fingerprint density at radius 1 is 1.05 bits per heavy atom. The molecule has 2 aromatic carbocycles. The highest BCUT2D eigenvalue weighted by molar-refractivity contribution is 5.98. The summed E-state index contributed by atoms with van der Waals surface area (Å²) in [6, 6.07) is 13.4. The zero-order valence-electron chi connectivity index (χ0n) is 11.0. The summed E-state index contributed by atoms with van der Waals surface area (Å²) in [4.78, 5) is 15.3. The summed E-state index contributed by atoms with van der Waals surface area (Å²) in [5.74, 6) is 0.730. The molecule has 0 atom stereocenters. The molecule has 3 aromatic rings. The van der Waals surface area contributed by atoms with Crippen LogP contribution in [0.4, 0.5) is 0 Å². The number of ether oxygens (including phenoxy) is 1. The molecule has 0 saturated carbocycles. The third kappa shape index (κ3) is 2.03. The molecular formula is C17H13NO2. The van der Waals surface area contributed by atoms with Crippen LogP contribution >= 0.6 is 0 Å². The molecule has 3 nitrogen and oxygen atoms in total. The fourth-order valence-corrected chi connectivity index (χ4v) is 2.34. The number of nitrogens with zero attached hydrogens (tertiary/aromatic N) is 1. The van der Waals surface area contributed by atoms with Crippen LogP contribution in [0.5, 0.6) is 5.75 Å². The summed E-state index contributed by atoms with van der Waals surface area (Å²) in [5.41, 5.74) is 2.46. The number of carbonyl (C=O) groups excluding carboxylic acids is 1. The minimum Gasteiger partial charge on any atom is -0.496 e. The Labute approximate surface area is 116 Å². The Morgan fingerprint density at radius 2 is 1.90 bits per heavy atom. The van der Waals surface area contributed by atoms with Gasteiger partial charge >= 0.3 is 0 Å². The van der Waals surface area contributed by atoms with Crippen LogP contribution in [-0.2, 0) is 0 Å². The van der Waals surface area contributed by atoms with Gasteiger partial charge in [-0.25, -0.2) is 0 Å². The molecule has 0 amide bonds. The zero-order valence-corrected chi connectivity index (χ0v) is 11.0. The van der Waals surface area contributed by atoms with E-state index < -0.39 is 0 Å². The molecule has 98 valence electrons. The molecule has 0 spiro atoms. The molecule has 0 unspecified atom stereocenters. The van der Waals surface area contributed by atoms with Crippen LogP contribution in [0.2, 0.25) is 0 Å². The first-order valence-corrected chi connectivity index (χ1v) is 6.30. The number of fused-ring (bicyclic) bond motifs is 1. The standard InChI is InChI=1S/C17H13NO2/c1-20-17-7-6-12(11-19)8-15(17)16-10-18-9-13-4-2-3-5-14(13)16/h2-11H,1H3. The number of aromatic nitrogens is 1. The van der Waals surface area contributed by atoms with Crippen LogP contribution in [0.15, 0.2) is 54.9 Å². The minimum absolute atomic E-state index is 0.619. The maximum Gasteiger partial charge on any atom is 0.150 e. The average molecular weight is 263 g/mol. The van der Waals surface area contributed by atoms with E-state index in [4.69, 9.17) is 4.74 Å². The third-order valence-electron chi connectivity index (χ3n) is 3.32. The van der Waals surface area contributed by atoms with E-state index in [0.717, 1.165) is 33.9 Å². The van der Waals surface area contributed by atoms with Crippen molar-refractivity contribution in [1.82, 2.24) is 4.98 Å². The maximum absolute atomic E-state index is 11.0. The van der Waals surface area contributed by atoms with Gasteiger partial charge in [0, 0.05) is 34.5 Å². The largest absolute Gasteiger partial charge is 0.496 e. The van der Waals surface area contributed by atoms with Crippen LogP contribution in [0, 0.1) is 0 Å². The van der Waals surface area contributed by atoms with E-state index in [9.17, 15) is 4.79 Å². The summed E-state index contributed by atoms with van der Waals surface area (Å²) >= 11 is 0. The van der Waals surface area contributed by atoms with Crippen LogP contribution in [-0.4, -0.2) is 18.4 Å². The molecule has 0 N–H and O–H groups in total. The van der Waals surface area contributed by atoms with E-state index in [1.54, 1.807) is 25.4 Å². The quantitative estimate of drug-likeness (QED) is 0.676. The first kappa shape index (κ1) is 12.4. The SMILES string of the molecule is COc1ccc(C=O)cc1-c1cncc2ccccc12. The molecule has 1 heterocycles. The van der Waals surface area contributed by atoms with Gasteiger partial charge in [-0.3, -0.25) is 9.78 Å². The monoisotopic (exact) mass is 263 g/mol. The molecule has 20 heavy (non-hydrogen) atoms. The van der Waals surface area contributed by atoms with E-state index in [1.165, 1.54) is 0 Å². The van der Waals surface area contributed by atoms with Crippen LogP contribution < -0.4 is 4.74 Å². The van der Waals surface area contributed by atoms with E-state index in [1.807, 2.05) is 36.5 Å². The number of rotatable bonds is 3. The fraction of sp³-hybridized carbons (Fsp3) is 0.0588. The van der Waals surface area contributed by atoms with Crippen molar-refractivity contribution >= 4 is 17.1 Å². The van der Waals surface area contributed by atoms with Crippen LogP contribution in [0.3, 0.4) is 0 Å². The van der Waals surface area contributed by atoms with Crippen LogP contribution in [0.1, 0.15) is 10.4 Å². The highest BCUT2D eigenvalue weighted by atomic mass is 16.5. The van der Waals surface area contributed by atoms with Gasteiger partial charge in [-0.05, 0) is 23.6 Å². The summed E-state index contributed by atoms with van der Waals surface area (Å²) in [7, 11) is 1.62. The molecule has 3 heteroatoms. The van der Waals surface area contributed by atoms with Gasteiger partial charge < -0.3 is 4.74 Å². The second kappa shape index (κ2) is 5.13. The molecule has 0 aliphatic carbocycles. The number of hydrogen-bond donors (Lipinski definition) is 0. The van der Waals surface area contributed by atoms with E-state index >= 15 is 0 Å². The second-order valence-corrected chi connectivity index (χ2v) is 4.49. The molecule has 0 aliphatic rings. The van der Waals surface area contributed by atoms with Crippen molar-refractivity contribution in [3.05, 3.63) is 60.4 Å². The Balaban J connectivity index is 2.32. The van der Waals surface area contributed by atoms with Gasteiger partial charge in [-0.15, -0.1) is 0 Å². The maximum atomic E-state index is 11.0. The molecule has 0 saturated heterocycles. The number of methoxy groups -OCH3 is 1. The predicted octanol–water partition coefficient (Wildman–Crippen LogP) is 3.72. The Morgan fingerprint density at radius 3 is 2.70 bits per heavy atom. The summed E-state index contributed by atoms with van der Waals surface area (Å²) in [6.07, 6.45) is 4.46. The molecule has 0 aliphatic heterocycles. The molecule has 0 bridgehead atoms. The van der Waals surface area contributed by atoms with E-state index in [2.05, 4.69) is 4.98 Å². The smallest absolute Gasteiger partial charge is 0.150 e. The zero-order chi connectivity index (χ0) is 13.9. The van der Waals surface area contributed by atoms with Gasteiger partial charge in [0.2, 0.25) is 0 Å². The molecule has 0 fully saturated rings. The lowest BCUT2D eigenvalue weighted by Gasteiger charge is -2.11. The number of pyridine rings is 1. The van der Waals surface area contributed by atoms with Gasteiger partial charge in [0.1, 0.15) is 12.0 Å². The second-order valence-electron chi connectivity index (χ2n) is 4.49. The third-order valence-corrected chi connectivity index (χ3v) is 3.32. The highest BCUT2D eigenvalue weighted by Crippen LogP contribution is 2.34. The number of benzene rings is 2. The number of aldehydes is 1. The van der Waals surface area contributed by atoms with Crippen molar-refractivity contribution in [2.24, 2.45) is 0 Å². The van der Waals surface area contributed by atoms with E-state index in [0.29, 0.717) is 5.56 Å². The van der Waals surface area contributed by atoms with Crippen molar-refractivity contribution in [3.8, 4) is 16.9 Å². The van der Waals surface area contributed by atoms with Gasteiger partial charge in [0.15, 0.2) is 0 Å². The van der Waals surface area contributed by atoms with Crippen molar-refractivity contribution in [2.45, 2.75) is 0 Å². The number of carbonyl (C=O) groups is 1. The van der Waals surface area contributed by atoms with Gasteiger partial charge in [-0.2, -0.15) is 0 Å². The lowest BCUT2D eigenvalue weighted by atomic mass is 9.98. The molecule has 1 aromatic heterocycles. The highest BCUT2D eigenvalue weighted by Gasteiger charge is 2.10. The normalized spacial score (nSPS) is 10.4. The molecular weight excluding hydrogens is 250 g/mol. The average Bonchev–Trinajstić information content (AvgIpc) is 2.53. The summed E-state index contributed by atoms with van der Waals surface area (Å²) in [6.45, 7) is 0. The molecule has 0 radical (unpaired) electrons. The first-order chi connectivity index (χ1) is 9.83. The Hall–Kier alpha value is -2.68. The van der Waals surface area contributed by atoms with Crippen molar-refractivity contribution < 1.29 is 9.53 Å². The first-order valence-electron chi connectivity index (χ1n) is 6.30. The van der Waals surface area contributed by atoms with Gasteiger partial charge in [0.05, 0.1) is 7.11 Å². The topological polar surface area (TPSA) is 39.2 Å². The Kier molecular flexibility index (Phi) is 3.17. The summed E-state index contributed by atoms with van der Waals surface area (Å²) in [5, 5.41) is 2.15. The van der Waals surface area contributed by atoms with Crippen molar-refractivity contribution in [3.63, 3.8) is 0 Å². The number of hydrogen-bond acceptors (Lipinski definition) is 3. The molecule has 3 rings (SSSR count). The fourth-order valence-electron chi connectivity index (χ4n) is 2.34. The van der Waals surface area contributed by atoms with Crippen LogP contribution in [0.25, 0.3) is 21.9 Å². The minimum atomic E-state index is 0.619. The lowest BCUT2D eigenvalue weighted by Crippen LogP contribution is -1.92. The van der Waals surface area contributed by atoms with Gasteiger partial charge in [0.25, 0.3) is 0 Å². The van der Waals surface area contributed by atoms with Crippen molar-refractivity contribution in [2.75, 3.05) is 7.11 Å². The van der Waals surface area contributed by atoms with Gasteiger partial charge in [-0.1, -0.05) is 24.3 Å². The van der Waals surface area contributed by atoms with E-state index in [-0.39, 0.29) is 0 Å².